The van der Waals surface area contributed by atoms with Gasteiger partial charge in [-0.05, 0) is 39.7 Å². The predicted molar refractivity (Wildman–Crippen MR) is 93.3 cm³/mol. The van der Waals surface area contributed by atoms with Gasteiger partial charge in [0.2, 0.25) is 0 Å². The fraction of sp³-hybridized carbons (Fsp3) is 0.632. The van der Waals surface area contributed by atoms with E-state index in [1.807, 2.05) is 37.8 Å². The summed E-state index contributed by atoms with van der Waals surface area (Å²) in [5.74, 6) is 0.973. The van der Waals surface area contributed by atoms with E-state index in [9.17, 15) is 4.79 Å². The van der Waals surface area contributed by atoms with Crippen molar-refractivity contribution in [3.8, 4) is 5.75 Å². The van der Waals surface area contributed by atoms with E-state index >= 15 is 0 Å². The number of hydrogen-bond acceptors (Lipinski definition) is 4. The van der Waals surface area contributed by atoms with Gasteiger partial charge < -0.3 is 19.7 Å². The second-order valence-electron chi connectivity index (χ2n) is 7.66. The molecule has 2 aliphatic rings. The molecule has 2 heterocycles. The molecule has 0 aliphatic carbocycles. The number of para-hydroxylation sites is 1. The summed E-state index contributed by atoms with van der Waals surface area (Å²) in [6.07, 6.45) is 2.84. The molecular formula is C19H28N2O3. The quantitative estimate of drug-likeness (QED) is 0.900. The third kappa shape index (κ3) is 4.20. The Labute approximate surface area is 144 Å². The standard InChI is InChI=1S/C19H28N2O3/c1-19(2,3)24-18(22)21-11-6-7-14(13-21)20-16-10-12-23-17-9-5-4-8-15(16)17/h4-5,8-9,14,16,20H,6-7,10-13H2,1-3H3. The van der Waals surface area contributed by atoms with Crippen molar-refractivity contribution in [1.82, 2.24) is 10.2 Å². The van der Waals surface area contributed by atoms with Crippen LogP contribution in [0.2, 0.25) is 0 Å². The first-order valence-electron chi connectivity index (χ1n) is 8.88. The molecule has 1 amide bonds. The monoisotopic (exact) mass is 332 g/mol. The Morgan fingerprint density at radius 1 is 1.29 bits per heavy atom. The third-order valence-electron chi connectivity index (χ3n) is 4.47. The van der Waals surface area contributed by atoms with Crippen LogP contribution in [0.1, 0.15) is 51.6 Å². The van der Waals surface area contributed by atoms with Gasteiger partial charge in [-0.1, -0.05) is 18.2 Å². The van der Waals surface area contributed by atoms with E-state index in [4.69, 9.17) is 9.47 Å². The number of carbonyl (C=O) groups is 1. The summed E-state index contributed by atoms with van der Waals surface area (Å²) in [5.41, 5.74) is 0.773. The van der Waals surface area contributed by atoms with Gasteiger partial charge in [-0.2, -0.15) is 0 Å². The Morgan fingerprint density at radius 2 is 2.08 bits per heavy atom. The zero-order valence-electron chi connectivity index (χ0n) is 14.9. The highest BCUT2D eigenvalue weighted by Crippen LogP contribution is 2.32. The number of fused-ring (bicyclic) bond motifs is 1. The molecule has 2 atom stereocenters. The van der Waals surface area contributed by atoms with Crippen LogP contribution in [-0.2, 0) is 4.74 Å². The van der Waals surface area contributed by atoms with Crippen LogP contribution in [-0.4, -0.2) is 42.3 Å². The molecule has 5 heteroatoms. The fourth-order valence-corrected chi connectivity index (χ4v) is 3.41. The Morgan fingerprint density at radius 3 is 2.88 bits per heavy atom. The van der Waals surface area contributed by atoms with Crippen LogP contribution < -0.4 is 10.1 Å². The highest BCUT2D eigenvalue weighted by Gasteiger charge is 2.30. The van der Waals surface area contributed by atoms with Gasteiger partial charge >= 0.3 is 6.09 Å². The molecule has 0 bridgehead atoms. The van der Waals surface area contributed by atoms with Crippen LogP contribution >= 0.6 is 0 Å². The first-order valence-corrected chi connectivity index (χ1v) is 8.88. The van der Waals surface area contributed by atoms with E-state index in [-0.39, 0.29) is 6.09 Å². The van der Waals surface area contributed by atoms with Gasteiger partial charge in [-0.15, -0.1) is 0 Å². The molecule has 1 fully saturated rings. The first kappa shape index (κ1) is 17.1. The smallest absolute Gasteiger partial charge is 0.410 e. The number of rotatable bonds is 2. The largest absolute Gasteiger partial charge is 0.493 e. The normalized spacial score (nSPS) is 24.0. The molecule has 1 aromatic rings. The lowest BCUT2D eigenvalue weighted by Crippen LogP contribution is -2.50. The van der Waals surface area contributed by atoms with Crippen molar-refractivity contribution in [2.24, 2.45) is 0 Å². The molecule has 5 nitrogen and oxygen atoms in total. The Balaban J connectivity index is 1.61. The second-order valence-corrected chi connectivity index (χ2v) is 7.66. The summed E-state index contributed by atoms with van der Waals surface area (Å²) < 4.78 is 11.2. The third-order valence-corrected chi connectivity index (χ3v) is 4.47. The minimum absolute atomic E-state index is 0.207. The molecular weight excluding hydrogens is 304 g/mol. The number of nitrogens with zero attached hydrogens (tertiary/aromatic N) is 1. The number of nitrogens with one attached hydrogen (secondary N) is 1. The summed E-state index contributed by atoms with van der Waals surface area (Å²) in [4.78, 5) is 14.1. The van der Waals surface area contributed by atoms with Crippen molar-refractivity contribution in [3.63, 3.8) is 0 Å². The van der Waals surface area contributed by atoms with E-state index in [0.29, 0.717) is 18.6 Å². The number of hydrogen-bond donors (Lipinski definition) is 1. The topological polar surface area (TPSA) is 50.8 Å². The van der Waals surface area contributed by atoms with Crippen LogP contribution in [0.5, 0.6) is 5.75 Å². The number of carbonyl (C=O) groups excluding carboxylic acids is 1. The number of likely N-dealkylation sites (tertiary alicyclic amines) is 1. The predicted octanol–water partition coefficient (Wildman–Crippen LogP) is 3.50. The first-order chi connectivity index (χ1) is 11.4. The molecule has 1 saturated heterocycles. The molecule has 24 heavy (non-hydrogen) atoms. The molecule has 2 unspecified atom stereocenters. The van der Waals surface area contributed by atoms with Crippen LogP contribution in [0, 0.1) is 0 Å². The second kappa shape index (κ2) is 7.01. The molecule has 132 valence electrons. The van der Waals surface area contributed by atoms with Crippen molar-refractivity contribution in [3.05, 3.63) is 29.8 Å². The number of ether oxygens (including phenoxy) is 2. The van der Waals surface area contributed by atoms with Crippen molar-refractivity contribution in [2.75, 3.05) is 19.7 Å². The summed E-state index contributed by atoms with van der Waals surface area (Å²) in [6.45, 7) is 7.93. The molecule has 2 aliphatic heterocycles. The van der Waals surface area contributed by atoms with Crippen LogP contribution in [0.3, 0.4) is 0 Å². The fourth-order valence-electron chi connectivity index (χ4n) is 3.41. The minimum atomic E-state index is -0.447. The number of benzene rings is 1. The van der Waals surface area contributed by atoms with Gasteiger partial charge in [0.15, 0.2) is 0 Å². The average molecular weight is 332 g/mol. The summed E-state index contributed by atoms with van der Waals surface area (Å²) in [6, 6.07) is 8.79. The summed E-state index contributed by atoms with van der Waals surface area (Å²) in [7, 11) is 0. The SMILES string of the molecule is CC(C)(C)OC(=O)N1CCCC(NC2CCOc3ccccc32)C1. The lowest BCUT2D eigenvalue weighted by atomic mass is 9.97. The lowest BCUT2D eigenvalue weighted by molar-refractivity contribution is 0.0180. The van der Waals surface area contributed by atoms with Crippen LogP contribution in [0.15, 0.2) is 24.3 Å². The van der Waals surface area contributed by atoms with E-state index in [1.165, 1.54) is 5.56 Å². The zero-order valence-corrected chi connectivity index (χ0v) is 14.9. The lowest BCUT2D eigenvalue weighted by Gasteiger charge is -2.37. The molecule has 0 radical (unpaired) electrons. The molecule has 0 saturated carbocycles. The van der Waals surface area contributed by atoms with Crippen molar-refractivity contribution < 1.29 is 14.3 Å². The Bertz CT molecular complexity index is 582. The minimum Gasteiger partial charge on any atom is -0.493 e. The van der Waals surface area contributed by atoms with Gasteiger partial charge in [-0.3, -0.25) is 0 Å². The maximum absolute atomic E-state index is 12.3. The highest BCUT2D eigenvalue weighted by molar-refractivity contribution is 5.68. The van der Waals surface area contributed by atoms with Gasteiger partial charge in [0.25, 0.3) is 0 Å². The average Bonchev–Trinajstić information content (AvgIpc) is 2.54. The van der Waals surface area contributed by atoms with Crippen LogP contribution in [0.25, 0.3) is 0 Å². The van der Waals surface area contributed by atoms with E-state index in [0.717, 1.165) is 38.2 Å². The van der Waals surface area contributed by atoms with E-state index in [2.05, 4.69) is 17.4 Å². The van der Waals surface area contributed by atoms with Gasteiger partial charge in [0, 0.05) is 37.2 Å². The summed E-state index contributed by atoms with van der Waals surface area (Å²) in [5, 5.41) is 3.73. The van der Waals surface area contributed by atoms with E-state index in [1.54, 1.807) is 0 Å². The van der Waals surface area contributed by atoms with Crippen LogP contribution in [0.4, 0.5) is 4.79 Å². The van der Waals surface area contributed by atoms with Gasteiger partial charge in [-0.25, -0.2) is 4.79 Å². The Kier molecular flexibility index (Phi) is 4.99. The highest BCUT2D eigenvalue weighted by atomic mass is 16.6. The molecule has 1 aromatic carbocycles. The molecule has 0 aromatic heterocycles. The molecule has 0 spiro atoms. The van der Waals surface area contributed by atoms with Crippen molar-refractivity contribution >= 4 is 6.09 Å². The van der Waals surface area contributed by atoms with Gasteiger partial charge in [0.05, 0.1) is 6.61 Å². The molecule has 3 rings (SSSR count). The summed E-state index contributed by atoms with van der Waals surface area (Å²) >= 11 is 0. The number of amides is 1. The van der Waals surface area contributed by atoms with Crippen molar-refractivity contribution in [2.45, 2.75) is 57.7 Å². The molecule has 1 N–H and O–H groups in total. The van der Waals surface area contributed by atoms with E-state index < -0.39 is 5.60 Å². The van der Waals surface area contributed by atoms with Gasteiger partial charge in [0.1, 0.15) is 11.4 Å². The maximum Gasteiger partial charge on any atom is 0.410 e. The van der Waals surface area contributed by atoms with Crippen molar-refractivity contribution in [1.29, 1.82) is 0 Å². The Hall–Kier alpha value is -1.75. The number of piperidine rings is 1. The zero-order chi connectivity index (χ0) is 17.2. The maximum atomic E-state index is 12.3.